The summed E-state index contributed by atoms with van der Waals surface area (Å²) in [4.78, 5) is 29.9. The number of nitrogens with zero attached hydrogens (tertiary/aromatic N) is 4. The molecule has 150 valence electrons. The molecular formula is C21H22N4O3S. The minimum absolute atomic E-state index is 0.353. The van der Waals surface area contributed by atoms with Crippen LogP contribution in [0.1, 0.15) is 12.5 Å². The summed E-state index contributed by atoms with van der Waals surface area (Å²) in [6.45, 7) is 2.15. The van der Waals surface area contributed by atoms with Crippen LogP contribution in [0, 0.1) is 0 Å². The van der Waals surface area contributed by atoms with Crippen LogP contribution in [-0.2, 0) is 20.6 Å². The van der Waals surface area contributed by atoms with Crippen LogP contribution in [0.25, 0.3) is 21.9 Å². The van der Waals surface area contributed by atoms with Crippen LogP contribution in [-0.4, -0.2) is 35.6 Å². The number of aliphatic hydroxyl groups excluding tert-OH is 1. The molecule has 0 unspecified atom stereocenters. The van der Waals surface area contributed by atoms with E-state index >= 15 is 0 Å². The molecule has 1 N–H and O–H groups in total. The molecule has 8 heteroatoms. The molecule has 0 radical (unpaired) electrons. The maximum absolute atomic E-state index is 13.0. The highest BCUT2D eigenvalue weighted by Gasteiger charge is 2.20. The van der Waals surface area contributed by atoms with Gasteiger partial charge in [0.25, 0.3) is 5.56 Å². The van der Waals surface area contributed by atoms with Crippen molar-refractivity contribution in [1.82, 2.24) is 18.7 Å². The predicted molar refractivity (Wildman–Crippen MR) is 116 cm³/mol. The van der Waals surface area contributed by atoms with Crippen molar-refractivity contribution in [1.29, 1.82) is 0 Å². The summed E-state index contributed by atoms with van der Waals surface area (Å²) < 4.78 is 4.35. The Hall–Kier alpha value is -2.84. The third kappa shape index (κ3) is 3.38. The third-order valence-electron chi connectivity index (χ3n) is 4.97. The largest absolute Gasteiger partial charge is 0.393 e. The molecule has 4 aromatic rings. The highest BCUT2D eigenvalue weighted by molar-refractivity contribution is 7.99. The summed E-state index contributed by atoms with van der Waals surface area (Å²) in [5.41, 5.74) is 1.00. The number of hydrogen-bond acceptors (Lipinski definition) is 5. The number of aliphatic hydroxyl groups is 1. The second-order valence-corrected chi connectivity index (χ2v) is 8.14. The van der Waals surface area contributed by atoms with Gasteiger partial charge in [0.1, 0.15) is 0 Å². The molecule has 0 aliphatic heterocycles. The normalized spacial score (nSPS) is 12.7. The van der Waals surface area contributed by atoms with Crippen LogP contribution in [0.2, 0.25) is 0 Å². The van der Waals surface area contributed by atoms with Gasteiger partial charge in [-0.05, 0) is 23.3 Å². The summed E-state index contributed by atoms with van der Waals surface area (Å²) in [6.07, 6.45) is -0.516. The highest BCUT2D eigenvalue weighted by atomic mass is 32.2. The van der Waals surface area contributed by atoms with Gasteiger partial charge in [-0.2, -0.15) is 0 Å². The van der Waals surface area contributed by atoms with E-state index in [0.717, 1.165) is 20.9 Å². The van der Waals surface area contributed by atoms with E-state index in [4.69, 9.17) is 0 Å². The molecule has 2 aromatic carbocycles. The van der Waals surface area contributed by atoms with E-state index < -0.39 is 11.8 Å². The van der Waals surface area contributed by atoms with Gasteiger partial charge in [0.05, 0.1) is 12.6 Å². The zero-order valence-corrected chi connectivity index (χ0v) is 17.3. The molecule has 0 amide bonds. The molecule has 0 fully saturated rings. The van der Waals surface area contributed by atoms with Crippen molar-refractivity contribution in [3.05, 3.63) is 68.9 Å². The summed E-state index contributed by atoms with van der Waals surface area (Å²) in [7, 11) is 3.09. The Bertz CT molecular complexity index is 1330. The van der Waals surface area contributed by atoms with Gasteiger partial charge < -0.3 is 9.67 Å². The van der Waals surface area contributed by atoms with Crippen molar-refractivity contribution in [2.75, 3.05) is 5.75 Å². The molecule has 2 heterocycles. The zero-order valence-electron chi connectivity index (χ0n) is 16.5. The fourth-order valence-corrected chi connectivity index (χ4v) is 4.33. The highest BCUT2D eigenvalue weighted by Crippen LogP contribution is 2.26. The number of aromatic nitrogens is 4. The number of fused-ring (bicyclic) bond motifs is 2. The van der Waals surface area contributed by atoms with Crippen molar-refractivity contribution < 1.29 is 5.11 Å². The average molecular weight is 410 g/mol. The first kappa shape index (κ1) is 19.5. The molecule has 0 saturated heterocycles. The molecule has 0 aliphatic rings. The van der Waals surface area contributed by atoms with Crippen LogP contribution >= 0.6 is 11.8 Å². The first-order valence-electron chi connectivity index (χ1n) is 9.32. The van der Waals surface area contributed by atoms with Crippen molar-refractivity contribution in [3.63, 3.8) is 0 Å². The zero-order chi connectivity index (χ0) is 20.7. The van der Waals surface area contributed by atoms with Gasteiger partial charge in [-0.25, -0.2) is 9.78 Å². The van der Waals surface area contributed by atoms with Gasteiger partial charge in [0.15, 0.2) is 16.3 Å². The van der Waals surface area contributed by atoms with E-state index in [2.05, 4.69) is 23.2 Å². The molecule has 4 rings (SSSR count). The summed E-state index contributed by atoms with van der Waals surface area (Å²) >= 11 is 1.37. The van der Waals surface area contributed by atoms with Crippen LogP contribution in [0.4, 0.5) is 0 Å². The molecule has 0 saturated carbocycles. The van der Waals surface area contributed by atoms with Crippen LogP contribution < -0.4 is 11.2 Å². The Morgan fingerprint density at radius 3 is 2.55 bits per heavy atom. The topological polar surface area (TPSA) is 82.1 Å². The van der Waals surface area contributed by atoms with Crippen molar-refractivity contribution in [2.24, 2.45) is 14.1 Å². The van der Waals surface area contributed by atoms with Crippen molar-refractivity contribution >= 4 is 33.7 Å². The number of hydrogen-bond donors (Lipinski definition) is 1. The molecule has 0 spiro atoms. The second kappa shape index (κ2) is 7.53. The van der Waals surface area contributed by atoms with Crippen LogP contribution in [0.5, 0.6) is 0 Å². The SMILES string of the molecule is C[C@@H](O)CSc1nc2c(c(=O)n(C)c(=O)n2C)n1Cc1cccc2ccccc12. The van der Waals surface area contributed by atoms with Gasteiger partial charge in [-0.15, -0.1) is 0 Å². The number of imidazole rings is 1. The van der Waals surface area contributed by atoms with E-state index in [1.807, 2.05) is 28.8 Å². The van der Waals surface area contributed by atoms with E-state index in [1.54, 1.807) is 14.0 Å². The number of benzene rings is 2. The Labute approximate surface area is 171 Å². The number of thioether (sulfide) groups is 1. The lowest BCUT2D eigenvalue weighted by Crippen LogP contribution is -2.37. The average Bonchev–Trinajstić information content (AvgIpc) is 3.08. The quantitative estimate of drug-likeness (QED) is 0.510. The molecule has 0 bridgehead atoms. The Morgan fingerprint density at radius 2 is 1.79 bits per heavy atom. The second-order valence-electron chi connectivity index (χ2n) is 7.16. The lowest BCUT2D eigenvalue weighted by Gasteiger charge is -2.12. The fourth-order valence-electron chi connectivity index (χ4n) is 3.48. The molecule has 0 aliphatic carbocycles. The van der Waals surface area contributed by atoms with E-state index in [9.17, 15) is 14.7 Å². The Balaban J connectivity index is 1.97. The predicted octanol–water partition coefficient (Wildman–Crippen LogP) is 2.11. The first-order valence-corrected chi connectivity index (χ1v) is 10.3. The van der Waals surface area contributed by atoms with Gasteiger partial charge in [-0.3, -0.25) is 13.9 Å². The smallest absolute Gasteiger partial charge is 0.332 e. The van der Waals surface area contributed by atoms with Crippen LogP contribution in [0.3, 0.4) is 0 Å². The molecule has 1 atom stereocenters. The lowest BCUT2D eigenvalue weighted by molar-refractivity contribution is 0.220. The maximum atomic E-state index is 13.0. The van der Waals surface area contributed by atoms with Gasteiger partial charge in [0.2, 0.25) is 0 Å². The lowest BCUT2D eigenvalue weighted by atomic mass is 10.0. The molecule has 2 aromatic heterocycles. The number of rotatable bonds is 5. The van der Waals surface area contributed by atoms with E-state index in [0.29, 0.717) is 28.6 Å². The summed E-state index contributed by atoms with van der Waals surface area (Å²) in [6, 6.07) is 14.2. The van der Waals surface area contributed by atoms with E-state index in [1.165, 1.54) is 23.4 Å². The Morgan fingerprint density at radius 1 is 1.07 bits per heavy atom. The van der Waals surface area contributed by atoms with Gasteiger partial charge in [0, 0.05) is 19.8 Å². The third-order valence-corrected chi connectivity index (χ3v) is 6.19. The van der Waals surface area contributed by atoms with Crippen molar-refractivity contribution in [2.45, 2.75) is 24.7 Å². The summed E-state index contributed by atoms with van der Waals surface area (Å²) in [5, 5.41) is 12.6. The summed E-state index contributed by atoms with van der Waals surface area (Å²) in [5.74, 6) is 0.438. The minimum atomic E-state index is -0.516. The molecule has 29 heavy (non-hydrogen) atoms. The van der Waals surface area contributed by atoms with Crippen molar-refractivity contribution in [3.8, 4) is 0 Å². The van der Waals surface area contributed by atoms with Gasteiger partial charge >= 0.3 is 5.69 Å². The monoisotopic (exact) mass is 410 g/mol. The fraction of sp³-hybridized carbons (Fsp3) is 0.286. The van der Waals surface area contributed by atoms with E-state index in [-0.39, 0.29) is 5.56 Å². The first-order chi connectivity index (χ1) is 13.9. The van der Waals surface area contributed by atoms with Gasteiger partial charge in [-0.1, -0.05) is 54.2 Å². The number of aryl methyl sites for hydroxylation is 1. The minimum Gasteiger partial charge on any atom is -0.393 e. The maximum Gasteiger partial charge on any atom is 0.332 e. The molecule has 7 nitrogen and oxygen atoms in total. The molecular weight excluding hydrogens is 388 g/mol. The standard InChI is InChI=1S/C21H22N4O3S/c1-13(26)12-29-20-22-18-17(19(27)24(3)21(28)23(18)2)25(20)11-15-9-6-8-14-7-4-5-10-16(14)15/h4-10,13,26H,11-12H2,1-3H3/t13-/m1/s1. The van der Waals surface area contributed by atoms with Crippen LogP contribution in [0.15, 0.2) is 57.2 Å². The Kier molecular flexibility index (Phi) is 5.06.